The molecule has 0 atom stereocenters. The summed E-state index contributed by atoms with van der Waals surface area (Å²) in [6.07, 6.45) is 3.08. The third-order valence-electron chi connectivity index (χ3n) is 4.78. The molecule has 1 aromatic heterocycles. The van der Waals surface area contributed by atoms with Gasteiger partial charge in [0, 0.05) is 18.1 Å². The fourth-order valence-corrected chi connectivity index (χ4v) is 3.34. The lowest BCUT2D eigenvalue weighted by Crippen LogP contribution is -2.29. The van der Waals surface area contributed by atoms with Crippen molar-refractivity contribution in [1.29, 1.82) is 5.41 Å². The first-order valence-corrected chi connectivity index (χ1v) is 10.6. The van der Waals surface area contributed by atoms with Crippen LogP contribution in [0.5, 0.6) is 5.75 Å². The Balaban J connectivity index is 1.50. The number of hydrogen-bond donors (Lipinski definition) is 4. The number of aromatic nitrogens is 2. The molecule has 3 aromatic carbocycles. The molecule has 0 fully saturated rings. The fraction of sp³-hybridized carbons (Fsp3) is 0.0833. The normalized spacial score (nSPS) is 10.9. The second-order valence-electron chi connectivity index (χ2n) is 7.18. The Hall–Kier alpha value is -4.24. The molecule has 8 nitrogen and oxygen atoms in total. The molecule has 4 aromatic rings. The summed E-state index contributed by atoms with van der Waals surface area (Å²) in [6.45, 7) is 0.202. The van der Waals surface area contributed by atoms with E-state index in [4.69, 9.17) is 21.7 Å². The van der Waals surface area contributed by atoms with Gasteiger partial charge in [-0.2, -0.15) is 5.10 Å². The highest BCUT2D eigenvalue weighted by Gasteiger charge is 2.08. The number of ether oxygens (including phenoxy) is 1. The van der Waals surface area contributed by atoms with Gasteiger partial charge < -0.3 is 15.4 Å². The summed E-state index contributed by atoms with van der Waals surface area (Å²) in [6, 6.07) is 17.1. The summed E-state index contributed by atoms with van der Waals surface area (Å²) >= 11 is 6.41. The number of fused-ring (bicyclic) bond motifs is 1. The van der Waals surface area contributed by atoms with Gasteiger partial charge in [0.15, 0.2) is 0 Å². The summed E-state index contributed by atoms with van der Waals surface area (Å²) in [5.41, 5.74) is 5.56. The molecule has 4 rings (SSSR count). The van der Waals surface area contributed by atoms with E-state index in [0.29, 0.717) is 27.8 Å². The number of hydrazone groups is 1. The highest BCUT2D eigenvalue weighted by Crippen LogP contribution is 2.31. The zero-order valence-electron chi connectivity index (χ0n) is 18.1. The minimum absolute atomic E-state index is 0.0861. The first-order valence-electron chi connectivity index (χ1n) is 10.3. The molecule has 4 N–H and O–H groups in total. The second-order valence-corrected chi connectivity index (χ2v) is 7.59. The van der Waals surface area contributed by atoms with E-state index in [0.717, 1.165) is 16.5 Å². The molecular weight excluding hydrogens is 457 g/mol. The molecule has 0 unspecified atom stereocenters. The average Bonchev–Trinajstić information content (AvgIpc) is 2.84. The number of anilines is 2. The number of halogens is 2. The van der Waals surface area contributed by atoms with Crippen LogP contribution in [0, 0.1) is 11.2 Å². The second kappa shape index (κ2) is 10.6. The lowest BCUT2D eigenvalue weighted by atomic mass is 10.1. The monoisotopic (exact) mass is 477 g/mol. The maximum atomic E-state index is 13.4. The zero-order chi connectivity index (χ0) is 23.9. The smallest absolute Gasteiger partial charge is 0.208 e. The summed E-state index contributed by atoms with van der Waals surface area (Å²) in [7, 11) is 1.63. The van der Waals surface area contributed by atoms with Crippen LogP contribution in [0.4, 0.5) is 15.9 Å². The van der Waals surface area contributed by atoms with Crippen LogP contribution in [0.1, 0.15) is 11.1 Å². The maximum Gasteiger partial charge on any atom is 0.208 e. The molecule has 0 aliphatic heterocycles. The van der Waals surface area contributed by atoms with Gasteiger partial charge in [-0.05, 0) is 53.6 Å². The first-order chi connectivity index (χ1) is 16.5. The van der Waals surface area contributed by atoms with Crippen LogP contribution in [0.25, 0.3) is 10.9 Å². The van der Waals surface area contributed by atoms with Gasteiger partial charge in [-0.15, -0.1) is 0 Å². The number of guanidine groups is 1. The molecule has 172 valence electrons. The van der Waals surface area contributed by atoms with Crippen LogP contribution in [0.15, 0.2) is 72.1 Å². The van der Waals surface area contributed by atoms with Gasteiger partial charge in [-0.3, -0.25) is 5.41 Å². The summed E-state index contributed by atoms with van der Waals surface area (Å²) in [5, 5.41) is 18.6. The molecule has 0 bridgehead atoms. The van der Waals surface area contributed by atoms with Crippen molar-refractivity contribution >= 4 is 46.2 Å². The molecule has 0 saturated carbocycles. The number of benzene rings is 3. The van der Waals surface area contributed by atoms with Crippen LogP contribution >= 0.6 is 11.6 Å². The quantitative estimate of drug-likeness (QED) is 0.173. The molecule has 0 spiro atoms. The van der Waals surface area contributed by atoms with Crippen LogP contribution in [-0.4, -0.2) is 29.2 Å². The van der Waals surface area contributed by atoms with Gasteiger partial charge in [0.1, 0.15) is 30.3 Å². The van der Waals surface area contributed by atoms with Crippen LogP contribution in [0.2, 0.25) is 5.02 Å². The SMILES string of the molecule is CNC(=N)N/N=C/c1ccc2ncnc(Nc3ccc(OCc4cccc(F)c4)c(Cl)c3)c2c1. The Kier molecular flexibility index (Phi) is 7.14. The van der Waals surface area contributed by atoms with Crippen molar-refractivity contribution in [3.05, 3.63) is 89.0 Å². The van der Waals surface area contributed by atoms with Gasteiger partial charge >= 0.3 is 0 Å². The topological polar surface area (TPSA) is 107 Å². The summed E-state index contributed by atoms with van der Waals surface area (Å²) in [5.74, 6) is 0.859. The van der Waals surface area contributed by atoms with Gasteiger partial charge in [0.05, 0.1) is 16.8 Å². The van der Waals surface area contributed by atoms with E-state index < -0.39 is 0 Å². The van der Waals surface area contributed by atoms with Crippen molar-refractivity contribution in [2.75, 3.05) is 12.4 Å². The van der Waals surface area contributed by atoms with E-state index in [1.807, 2.05) is 24.3 Å². The maximum absolute atomic E-state index is 13.4. The minimum Gasteiger partial charge on any atom is -0.487 e. The van der Waals surface area contributed by atoms with Crippen LogP contribution in [-0.2, 0) is 6.61 Å². The number of nitrogens with zero attached hydrogens (tertiary/aromatic N) is 3. The van der Waals surface area contributed by atoms with Crippen LogP contribution < -0.4 is 20.8 Å². The molecule has 0 aliphatic carbocycles. The predicted molar refractivity (Wildman–Crippen MR) is 133 cm³/mol. The molecule has 0 radical (unpaired) electrons. The Labute approximate surface area is 200 Å². The van der Waals surface area contributed by atoms with E-state index in [2.05, 4.69) is 31.1 Å². The molecular formula is C24H21ClFN7O. The molecule has 0 amide bonds. The van der Waals surface area contributed by atoms with Crippen molar-refractivity contribution in [3.63, 3.8) is 0 Å². The van der Waals surface area contributed by atoms with Gasteiger partial charge in [-0.25, -0.2) is 19.8 Å². The largest absolute Gasteiger partial charge is 0.487 e. The Morgan fingerprint density at radius 1 is 1.15 bits per heavy atom. The Morgan fingerprint density at radius 3 is 2.82 bits per heavy atom. The highest BCUT2D eigenvalue weighted by molar-refractivity contribution is 6.32. The number of rotatable bonds is 7. The third-order valence-corrected chi connectivity index (χ3v) is 5.07. The standard InChI is InChI=1S/C24H21ClFN7O/c1-28-24(27)33-31-12-15-5-7-21-19(10-15)23(30-14-29-21)32-18-6-8-22(20(25)11-18)34-13-16-3-2-4-17(26)9-16/h2-12,14H,13H2,1H3,(H3,27,28,33)(H,29,30,32)/b31-12+. The predicted octanol–water partition coefficient (Wildman–Crippen LogP) is 4.82. The summed E-state index contributed by atoms with van der Waals surface area (Å²) in [4.78, 5) is 8.67. The van der Waals surface area contributed by atoms with Crippen molar-refractivity contribution in [2.24, 2.45) is 5.10 Å². The fourth-order valence-electron chi connectivity index (χ4n) is 3.10. The average molecular weight is 478 g/mol. The van der Waals surface area contributed by atoms with Gasteiger partial charge in [0.2, 0.25) is 5.96 Å². The number of hydrogen-bond acceptors (Lipinski definition) is 6. The lowest BCUT2D eigenvalue weighted by Gasteiger charge is -2.12. The molecule has 0 aliphatic rings. The number of nitrogens with one attached hydrogen (secondary N) is 4. The van der Waals surface area contributed by atoms with Gasteiger partial charge in [-0.1, -0.05) is 29.8 Å². The van der Waals surface area contributed by atoms with Crippen molar-refractivity contribution in [1.82, 2.24) is 20.7 Å². The van der Waals surface area contributed by atoms with Crippen molar-refractivity contribution in [2.45, 2.75) is 6.61 Å². The van der Waals surface area contributed by atoms with E-state index in [1.165, 1.54) is 18.5 Å². The summed E-state index contributed by atoms with van der Waals surface area (Å²) < 4.78 is 19.1. The van der Waals surface area contributed by atoms with Crippen LogP contribution in [0.3, 0.4) is 0 Å². The lowest BCUT2D eigenvalue weighted by molar-refractivity contribution is 0.306. The van der Waals surface area contributed by atoms with E-state index in [9.17, 15) is 4.39 Å². The first kappa shape index (κ1) is 22.9. The Morgan fingerprint density at radius 2 is 2.03 bits per heavy atom. The Bertz CT molecular complexity index is 1360. The third kappa shape index (κ3) is 5.76. The highest BCUT2D eigenvalue weighted by atomic mass is 35.5. The molecule has 34 heavy (non-hydrogen) atoms. The van der Waals surface area contributed by atoms with E-state index in [-0.39, 0.29) is 18.4 Å². The minimum atomic E-state index is -0.313. The van der Waals surface area contributed by atoms with Gasteiger partial charge in [0.25, 0.3) is 0 Å². The van der Waals surface area contributed by atoms with Crippen molar-refractivity contribution in [3.8, 4) is 5.75 Å². The molecule has 10 heteroatoms. The van der Waals surface area contributed by atoms with E-state index >= 15 is 0 Å². The zero-order valence-corrected chi connectivity index (χ0v) is 18.9. The molecule has 0 saturated heterocycles. The van der Waals surface area contributed by atoms with Crippen molar-refractivity contribution < 1.29 is 9.13 Å². The molecule has 1 heterocycles. The van der Waals surface area contributed by atoms with E-state index in [1.54, 1.807) is 37.5 Å².